The fourth-order valence-electron chi connectivity index (χ4n) is 2.69. The van der Waals surface area contributed by atoms with Crippen molar-refractivity contribution in [1.29, 1.82) is 0 Å². The molecule has 0 bridgehead atoms. The fourth-order valence-corrected chi connectivity index (χ4v) is 2.69. The van der Waals surface area contributed by atoms with Crippen LogP contribution in [0, 0.1) is 6.92 Å². The zero-order chi connectivity index (χ0) is 12.5. The van der Waals surface area contributed by atoms with Crippen LogP contribution in [0.15, 0.2) is 18.3 Å². The van der Waals surface area contributed by atoms with E-state index in [2.05, 4.69) is 4.98 Å². The van der Waals surface area contributed by atoms with Crippen molar-refractivity contribution in [2.45, 2.75) is 38.6 Å². The van der Waals surface area contributed by atoms with Gasteiger partial charge >= 0.3 is 5.97 Å². The average Bonchev–Trinajstić information content (AvgIpc) is 2.73. The van der Waals surface area contributed by atoms with E-state index >= 15 is 0 Å². The molecule has 1 aromatic rings. The van der Waals surface area contributed by atoms with Gasteiger partial charge in [0.25, 0.3) is 0 Å². The predicted octanol–water partition coefficient (Wildman–Crippen LogP) is 2.22. The van der Waals surface area contributed by atoms with Gasteiger partial charge in [0.05, 0.1) is 0 Å². The molecule has 0 radical (unpaired) electrons. The summed E-state index contributed by atoms with van der Waals surface area (Å²) in [5.74, 6) is -0.716. The van der Waals surface area contributed by atoms with Gasteiger partial charge in [-0.3, -0.25) is 4.98 Å². The molecule has 92 valence electrons. The topological polar surface area (TPSA) is 53.4 Å². The number of nitrogens with zero attached hydrogens (tertiary/aromatic N) is 2. The zero-order valence-electron chi connectivity index (χ0n) is 10.3. The lowest BCUT2D eigenvalue weighted by Gasteiger charge is -2.35. The number of carboxylic acid groups (broad SMARTS) is 1. The first-order valence-corrected chi connectivity index (χ1v) is 6.04. The lowest BCUT2D eigenvalue weighted by atomic mass is 9.92. The van der Waals surface area contributed by atoms with Crippen LogP contribution < -0.4 is 4.90 Å². The summed E-state index contributed by atoms with van der Waals surface area (Å²) in [6, 6.07) is 3.85. The summed E-state index contributed by atoms with van der Waals surface area (Å²) in [6.07, 6.45) is 4.02. The summed E-state index contributed by atoms with van der Waals surface area (Å²) in [5, 5.41) is 9.51. The summed E-state index contributed by atoms with van der Waals surface area (Å²) in [6.45, 7) is 4.68. The third-order valence-corrected chi connectivity index (χ3v) is 3.66. The van der Waals surface area contributed by atoms with Gasteiger partial charge in [-0.25, -0.2) is 4.79 Å². The Morgan fingerprint density at radius 3 is 3.00 bits per heavy atom. The first kappa shape index (κ1) is 11.9. The van der Waals surface area contributed by atoms with E-state index in [-0.39, 0.29) is 0 Å². The predicted molar refractivity (Wildman–Crippen MR) is 66.2 cm³/mol. The van der Waals surface area contributed by atoms with Crippen LogP contribution >= 0.6 is 0 Å². The monoisotopic (exact) mass is 234 g/mol. The zero-order valence-corrected chi connectivity index (χ0v) is 10.3. The Labute approximate surface area is 101 Å². The average molecular weight is 234 g/mol. The van der Waals surface area contributed by atoms with Crippen LogP contribution in [-0.4, -0.2) is 28.1 Å². The lowest BCUT2D eigenvalue weighted by molar-refractivity contribution is -0.143. The molecule has 4 heteroatoms. The summed E-state index contributed by atoms with van der Waals surface area (Å²) >= 11 is 0. The van der Waals surface area contributed by atoms with E-state index in [1.54, 1.807) is 6.20 Å². The van der Waals surface area contributed by atoms with E-state index in [0.717, 1.165) is 30.8 Å². The van der Waals surface area contributed by atoms with E-state index < -0.39 is 11.5 Å². The van der Waals surface area contributed by atoms with Crippen LogP contribution in [0.1, 0.15) is 31.9 Å². The summed E-state index contributed by atoms with van der Waals surface area (Å²) in [7, 11) is 0. The normalized spacial score (nSPS) is 24.0. The molecule has 1 saturated heterocycles. The van der Waals surface area contributed by atoms with Gasteiger partial charge in [-0.15, -0.1) is 0 Å². The van der Waals surface area contributed by atoms with Crippen molar-refractivity contribution in [1.82, 2.24) is 4.98 Å². The van der Waals surface area contributed by atoms with Crippen molar-refractivity contribution in [3.63, 3.8) is 0 Å². The van der Waals surface area contributed by atoms with Gasteiger partial charge in [0.1, 0.15) is 5.54 Å². The molecule has 1 fully saturated rings. The van der Waals surface area contributed by atoms with Crippen LogP contribution in [0.3, 0.4) is 0 Å². The number of aromatic nitrogens is 1. The van der Waals surface area contributed by atoms with Crippen molar-refractivity contribution < 1.29 is 9.90 Å². The molecule has 2 heterocycles. The maximum absolute atomic E-state index is 11.6. The van der Waals surface area contributed by atoms with Crippen LogP contribution in [0.25, 0.3) is 0 Å². The van der Waals surface area contributed by atoms with Crippen LogP contribution in [-0.2, 0) is 4.79 Å². The molecule has 1 aliphatic heterocycles. The number of carboxylic acids is 1. The van der Waals surface area contributed by atoms with E-state index in [9.17, 15) is 9.90 Å². The highest BCUT2D eigenvalue weighted by Gasteiger charge is 2.46. The lowest BCUT2D eigenvalue weighted by Crippen LogP contribution is -2.50. The summed E-state index contributed by atoms with van der Waals surface area (Å²) < 4.78 is 0. The van der Waals surface area contributed by atoms with E-state index in [1.807, 2.05) is 30.9 Å². The highest BCUT2D eigenvalue weighted by molar-refractivity contribution is 5.84. The highest BCUT2D eigenvalue weighted by atomic mass is 16.4. The third kappa shape index (κ3) is 1.88. The number of anilines is 1. The molecule has 1 unspecified atom stereocenters. The van der Waals surface area contributed by atoms with Crippen molar-refractivity contribution in [2.24, 2.45) is 0 Å². The van der Waals surface area contributed by atoms with Gasteiger partial charge in [-0.05, 0) is 38.3 Å². The number of pyridine rings is 1. The molecule has 1 aliphatic rings. The van der Waals surface area contributed by atoms with Gasteiger partial charge in [-0.2, -0.15) is 0 Å². The van der Waals surface area contributed by atoms with Crippen molar-refractivity contribution in [3.05, 3.63) is 24.0 Å². The molecule has 17 heavy (non-hydrogen) atoms. The SMILES string of the molecule is CCC1(C(=O)O)CCCN1c1ccnc(C)c1. The fraction of sp³-hybridized carbons (Fsp3) is 0.538. The molecular formula is C13H18N2O2. The van der Waals surface area contributed by atoms with Gasteiger partial charge in [-0.1, -0.05) is 6.92 Å². The first-order chi connectivity index (χ1) is 8.10. The van der Waals surface area contributed by atoms with Crippen LogP contribution in [0.4, 0.5) is 5.69 Å². The Morgan fingerprint density at radius 1 is 1.65 bits per heavy atom. The largest absolute Gasteiger partial charge is 0.479 e. The van der Waals surface area contributed by atoms with E-state index in [4.69, 9.17) is 0 Å². The van der Waals surface area contributed by atoms with Gasteiger partial charge in [0, 0.05) is 24.1 Å². The third-order valence-electron chi connectivity index (χ3n) is 3.66. The standard InChI is InChI=1S/C13H18N2O2/c1-3-13(12(16)17)6-4-8-15(13)11-5-7-14-10(2)9-11/h5,7,9H,3-4,6,8H2,1-2H3,(H,16,17). The number of hydrogen-bond acceptors (Lipinski definition) is 3. The van der Waals surface area contributed by atoms with E-state index in [0.29, 0.717) is 6.42 Å². The Hall–Kier alpha value is -1.58. The smallest absolute Gasteiger partial charge is 0.329 e. The molecule has 0 aliphatic carbocycles. The molecule has 0 spiro atoms. The number of rotatable bonds is 3. The van der Waals surface area contributed by atoms with E-state index in [1.165, 1.54) is 0 Å². The summed E-state index contributed by atoms with van der Waals surface area (Å²) in [5.41, 5.74) is 1.16. The van der Waals surface area contributed by atoms with Crippen LogP contribution in [0.5, 0.6) is 0 Å². The molecule has 1 N–H and O–H groups in total. The van der Waals surface area contributed by atoms with Gasteiger partial charge in [0.15, 0.2) is 0 Å². The Balaban J connectivity index is 2.40. The minimum Gasteiger partial charge on any atom is -0.479 e. The van der Waals surface area contributed by atoms with Crippen molar-refractivity contribution in [2.75, 3.05) is 11.4 Å². The molecule has 2 rings (SSSR count). The second-order valence-corrected chi connectivity index (χ2v) is 4.60. The maximum atomic E-state index is 11.6. The Morgan fingerprint density at radius 2 is 2.41 bits per heavy atom. The molecule has 0 amide bonds. The van der Waals surface area contributed by atoms with Gasteiger partial charge < -0.3 is 10.0 Å². The molecule has 0 aromatic carbocycles. The van der Waals surface area contributed by atoms with Crippen LogP contribution in [0.2, 0.25) is 0 Å². The summed E-state index contributed by atoms with van der Waals surface area (Å²) in [4.78, 5) is 17.7. The number of aryl methyl sites for hydroxylation is 1. The highest BCUT2D eigenvalue weighted by Crippen LogP contribution is 2.36. The minimum atomic E-state index is -0.728. The quantitative estimate of drug-likeness (QED) is 0.871. The molecule has 4 nitrogen and oxygen atoms in total. The molecular weight excluding hydrogens is 216 g/mol. The van der Waals surface area contributed by atoms with Crippen molar-refractivity contribution >= 4 is 11.7 Å². The number of aliphatic carboxylic acids is 1. The second-order valence-electron chi connectivity index (χ2n) is 4.60. The second kappa shape index (κ2) is 4.35. The van der Waals surface area contributed by atoms with Crippen molar-refractivity contribution in [3.8, 4) is 0 Å². The maximum Gasteiger partial charge on any atom is 0.329 e. The first-order valence-electron chi connectivity index (χ1n) is 6.04. The molecule has 1 atom stereocenters. The Kier molecular flexibility index (Phi) is 3.05. The Bertz CT molecular complexity index is 433. The minimum absolute atomic E-state index is 0.629. The number of carbonyl (C=O) groups is 1. The molecule has 1 aromatic heterocycles. The number of hydrogen-bond donors (Lipinski definition) is 1. The van der Waals surface area contributed by atoms with Gasteiger partial charge in [0.2, 0.25) is 0 Å². The molecule has 0 saturated carbocycles.